The molecule has 0 heteroatoms. The molecule has 0 radical (unpaired) electrons. The first-order valence-corrected chi connectivity index (χ1v) is 4.83. The first-order valence-electron chi connectivity index (χ1n) is 4.83. The monoisotopic (exact) mass is 152 g/mol. The van der Waals surface area contributed by atoms with E-state index in [2.05, 4.69) is 33.4 Å². The van der Waals surface area contributed by atoms with Crippen LogP contribution in [0, 0.1) is 23.7 Å². The molecule has 0 nitrogen and oxygen atoms in total. The zero-order valence-electron chi connectivity index (χ0n) is 8.01. The molecule has 0 spiro atoms. The van der Waals surface area contributed by atoms with Crippen molar-refractivity contribution in [1.29, 1.82) is 0 Å². The summed E-state index contributed by atoms with van der Waals surface area (Å²) >= 11 is 0. The van der Waals surface area contributed by atoms with Crippen LogP contribution in [0.3, 0.4) is 0 Å². The van der Waals surface area contributed by atoms with Gasteiger partial charge in [-0.2, -0.15) is 0 Å². The summed E-state index contributed by atoms with van der Waals surface area (Å²) in [5.74, 6) is 3.58. The smallest absolute Gasteiger partial charge is 0.0231 e. The van der Waals surface area contributed by atoms with E-state index in [0.29, 0.717) is 0 Å². The fourth-order valence-corrected chi connectivity index (χ4v) is 2.60. The lowest BCUT2D eigenvalue weighted by atomic mass is 9.60. The average Bonchev–Trinajstić information content (AvgIpc) is 1.99. The maximum Gasteiger partial charge on any atom is -0.0231 e. The van der Waals surface area contributed by atoms with Crippen molar-refractivity contribution in [3.8, 4) is 0 Å². The molecule has 0 saturated heterocycles. The molecule has 64 valence electrons. The third kappa shape index (κ3) is 1.50. The van der Waals surface area contributed by atoms with Crippen LogP contribution in [-0.4, -0.2) is 0 Å². The second-order valence-corrected chi connectivity index (χ2v) is 4.05. The molecule has 1 aliphatic carbocycles. The Morgan fingerprint density at radius 2 is 2.27 bits per heavy atom. The quantitative estimate of drug-likeness (QED) is 0.543. The van der Waals surface area contributed by atoms with Crippen LogP contribution >= 0.6 is 0 Å². The molecule has 0 aliphatic heterocycles. The summed E-state index contributed by atoms with van der Waals surface area (Å²) in [5, 5.41) is 0. The predicted molar refractivity (Wildman–Crippen MR) is 50.4 cm³/mol. The summed E-state index contributed by atoms with van der Waals surface area (Å²) in [7, 11) is 0. The van der Waals surface area contributed by atoms with Crippen molar-refractivity contribution < 1.29 is 0 Å². The van der Waals surface area contributed by atoms with Gasteiger partial charge in [0.2, 0.25) is 0 Å². The predicted octanol–water partition coefficient (Wildman–Crippen LogP) is 3.49. The molecule has 4 atom stereocenters. The van der Waals surface area contributed by atoms with Crippen LogP contribution in [0.15, 0.2) is 12.7 Å². The van der Waals surface area contributed by atoms with E-state index in [1.165, 1.54) is 12.8 Å². The van der Waals surface area contributed by atoms with Crippen molar-refractivity contribution in [2.24, 2.45) is 23.7 Å². The minimum Gasteiger partial charge on any atom is -0.103 e. The fourth-order valence-electron chi connectivity index (χ4n) is 2.60. The van der Waals surface area contributed by atoms with E-state index in [4.69, 9.17) is 0 Å². The van der Waals surface area contributed by atoms with E-state index in [1.54, 1.807) is 0 Å². The fraction of sp³-hybridized carbons (Fsp3) is 0.818. The van der Waals surface area contributed by atoms with Crippen LogP contribution in [-0.2, 0) is 0 Å². The molecule has 0 heterocycles. The highest BCUT2D eigenvalue weighted by Gasteiger charge is 2.38. The Bertz CT molecular complexity index is 137. The van der Waals surface area contributed by atoms with Gasteiger partial charge in [0.1, 0.15) is 0 Å². The van der Waals surface area contributed by atoms with Gasteiger partial charge in [-0.05, 0) is 30.1 Å². The van der Waals surface area contributed by atoms with Crippen molar-refractivity contribution >= 4 is 0 Å². The average molecular weight is 152 g/mol. The number of hydrogen-bond donors (Lipinski definition) is 0. The van der Waals surface area contributed by atoms with Crippen molar-refractivity contribution in [2.45, 2.75) is 33.6 Å². The zero-order chi connectivity index (χ0) is 8.43. The molecule has 1 fully saturated rings. The van der Waals surface area contributed by atoms with E-state index < -0.39 is 0 Å². The van der Waals surface area contributed by atoms with Crippen molar-refractivity contribution in [1.82, 2.24) is 0 Å². The second-order valence-electron chi connectivity index (χ2n) is 4.05. The Labute approximate surface area is 70.7 Å². The molecular formula is C11H20. The van der Waals surface area contributed by atoms with Gasteiger partial charge in [-0.15, -0.1) is 6.58 Å². The molecule has 0 amide bonds. The van der Waals surface area contributed by atoms with Crippen LogP contribution in [0.2, 0.25) is 0 Å². The Morgan fingerprint density at radius 1 is 1.64 bits per heavy atom. The molecule has 11 heavy (non-hydrogen) atoms. The molecule has 1 saturated carbocycles. The van der Waals surface area contributed by atoms with Gasteiger partial charge >= 0.3 is 0 Å². The van der Waals surface area contributed by atoms with Crippen LogP contribution < -0.4 is 0 Å². The zero-order valence-corrected chi connectivity index (χ0v) is 8.01. The molecule has 0 aromatic carbocycles. The van der Waals surface area contributed by atoms with Crippen molar-refractivity contribution in [2.75, 3.05) is 0 Å². The Hall–Kier alpha value is -0.260. The van der Waals surface area contributed by atoms with Crippen LogP contribution in [0.25, 0.3) is 0 Å². The van der Waals surface area contributed by atoms with E-state index in [1.807, 2.05) is 0 Å². The second kappa shape index (κ2) is 3.42. The maximum absolute atomic E-state index is 3.87. The van der Waals surface area contributed by atoms with Crippen LogP contribution in [0.5, 0.6) is 0 Å². The molecule has 0 aromatic heterocycles. The Kier molecular flexibility index (Phi) is 2.75. The number of allylic oxidation sites excluding steroid dienone is 1. The normalized spacial score (nSPS) is 39.4. The highest BCUT2D eigenvalue weighted by Crippen LogP contribution is 2.46. The topological polar surface area (TPSA) is 0 Å². The minimum atomic E-state index is 0.726. The van der Waals surface area contributed by atoms with E-state index in [9.17, 15) is 0 Å². The number of rotatable bonds is 3. The van der Waals surface area contributed by atoms with E-state index >= 15 is 0 Å². The molecule has 1 aliphatic rings. The van der Waals surface area contributed by atoms with Gasteiger partial charge < -0.3 is 0 Å². The van der Waals surface area contributed by atoms with Gasteiger partial charge in [0.15, 0.2) is 0 Å². The van der Waals surface area contributed by atoms with Crippen LogP contribution in [0.1, 0.15) is 33.6 Å². The van der Waals surface area contributed by atoms with Crippen molar-refractivity contribution in [3.05, 3.63) is 12.7 Å². The SMILES string of the molecule is C=CC(C)C1C(C)CC1CC. The molecule has 0 N–H and O–H groups in total. The van der Waals surface area contributed by atoms with Gasteiger partial charge in [-0.3, -0.25) is 0 Å². The molecule has 1 rings (SSSR count). The Balaban J connectivity index is 2.47. The maximum atomic E-state index is 3.87. The third-order valence-corrected chi connectivity index (χ3v) is 3.38. The molecule has 0 aromatic rings. The van der Waals surface area contributed by atoms with E-state index in [-0.39, 0.29) is 0 Å². The van der Waals surface area contributed by atoms with Gasteiger partial charge in [-0.1, -0.05) is 33.3 Å². The number of hydrogen-bond acceptors (Lipinski definition) is 0. The highest BCUT2D eigenvalue weighted by atomic mass is 14.4. The first kappa shape index (κ1) is 8.83. The highest BCUT2D eigenvalue weighted by molar-refractivity contribution is 4.94. The lowest BCUT2D eigenvalue weighted by Gasteiger charge is -2.45. The summed E-state index contributed by atoms with van der Waals surface area (Å²) in [4.78, 5) is 0. The molecular weight excluding hydrogens is 132 g/mol. The van der Waals surface area contributed by atoms with Gasteiger partial charge in [0, 0.05) is 0 Å². The summed E-state index contributed by atoms with van der Waals surface area (Å²) in [6.45, 7) is 10.8. The van der Waals surface area contributed by atoms with Gasteiger partial charge in [0.25, 0.3) is 0 Å². The minimum absolute atomic E-state index is 0.726. The molecule has 4 unspecified atom stereocenters. The van der Waals surface area contributed by atoms with Crippen molar-refractivity contribution in [3.63, 3.8) is 0 Å². The summed E-state index contributed by atoms with van der Waals surface area (Å²) in [6.07, 6.45) is 4.91. The Morgan fingerprint density at radius 3 is 2.64 bits per heavy atom. The molecule has 0 bridgehead atoms. The lowest BCUT2D eigenvalue weighted by Crippen LogP contribution is -2.38. The van der Waals surface area contributed by atoms with Gasteiger partial charge in [-0.25, -0.2) is 0 Å². The summed E-state index contributed by atoms with van der Waals surface area (Å²) in [6, 6.07) is 0. The lowest BCUT2D eigenvalue weighted by molar-refractivity contribution is 0.0508. The van der Waals surface area contributed by atoms with Crippen LogP contribution in [0.4, 0.5) is 0 Å². The first-order chi connectivity index (χ1) is 5.20. The van der Waals surface area contributed by atoms with E-state index in [0.717, 1.165) is 23.7 Å². The summed E-state index contributed by atoms with van der Waals surface area (Å²) in [5.41, 5.74) is 0. The standard InChI is InChI=1S/C11H20/c1-5-8(3)11-9(4)7-10(11)6-2/h5,8-11H,1,6-7H2,2-4H3. The summed E-state index contributed by atoms with van der Waals surface area (Å²) < 4.78 is 0. The largest absolute Gasteiger partial charge is 0.103 e. The van der Waals surface area contributed by atoms with Gasteiger partial charge in [0.05, 0.1) is 0 Å². The third-order valence-electron chi connectivity index (χ3n) is 3.38.